The smallest absolute Gasteiger partial charge is 0.166 e. The molecule has 3 heteroatoms. The number of carbonyl (C=O) groups excluding carboxylic acids is 1. The molecular formula is C15H16N2O. The van der Waals surface area contributed by atoms with Crippen molar-refractivity contribution in [2.45, 2.75) is 25.7 Å². The van der Waals surface area contributed by atoms with Gasteiger partial charge in [0.15, 0.2) is 5.78 Å². The molecule has 2 aromatic rings. The second-order valence-electron chi connectivity index (χ2n) is 4.91. The molecule has 0 radical (unpaired) electrons. The van der Waals surface area contributed by atoms with Crippen LogP contribution >= 0.6 is 0 Å². The third-order valence-electron chi connectivity index (χ3n) is 3.40. The second kappa shape index (κ2) is 4.77. The summed E-state index contributed by atoms with van der Waals surface area (Å²) in [6, 6.07) is 9.85. The number of rotatable bonds is 5. The Kier molecular flexibility index (Phi) is 2.97. The van der Waals surface area contributed by atoms with E-state index in [-0.39, 0.29) is 5.78 Å². The molecule has 1 heterocycles. The number of aromatic nitrogens is 2. The quantitative estimate of drug-likeness (QED) is 0.752. The van der Waals surface area contributed by atoms with Gasteiger partial charge < -0.3 is 0 Å². The van der Waals surface area contributed by atoms with Crippen molar-refractivity contribution in [2.75, 3.05) is 0 Å². The van der Waals surface area contributed by atoms with Crippen LogP contribution in [0, 0.1) is 5.92 Å². The van der Waals surface area contributed by atoms with Gasteiger partial charge in [0, 0.05) is 12.6 Å². The fourth-order valence-electron chi connectivity index (χ4n) is 2.07. The molecule has 1 saturated carbocycles. The molecular weight excluding hydrogens is 224 g/mol. The fourth-order valence-corrected chi connectivity index (χ4v) is 2.07. The number of ketones is 1. The molecule has 0 spiro atoms. The van der Waals surface area contributed by atoms with Crippen LogP contribution in [0.1, 0.15) is 36.0 Å². The first-order valence-corrected chi connectivity index (χ1v) is 6.46. The molecule has 0 atom stereocenters. The zero-order valence-corrected chi connectivity index (χ0v) is 10.2. The number of benzene rings is 1. The number of carbonyl (C=O) groups is 1. The molecule has 0 aliphatic heterocycles. The van der Waals surface area contributed by atoms with E-state index in [4.69, 9.17) is 0 Å². The van der Waals surface area contributed by atoms with Crippen LogP contribution in [0.15, 0.2) is 42.7 Å². The molecule has 0 bridgehead atoms. The first-order valence-electron chi connectivity index (χ1n) is 6.46. The standard InChI is InChI=1S/C15H16N2O/c18-15(9-8-12-6-7-12)13-10-16-17(11-13)14-4-2-1-3-5-14/h1-5,10-12H,6-9H2. The highest BCUT2D eigenvalue weighted by atomic mass is 16.1. The van der Waals surface area contributed by atoms with Crippen molar-refractivity contribution in [1.82, 2.24) is 9.78 Å². The summed E-state index contributed by atoms with van der Waals surface area (Å²) in [6.07, 6.45) is 7.79. The zero-order chi connectivity index (χ0) is 12.4. The van der Waals surface area contributed by atoms with Crippen molar-refractivity contribution in [2.24, 2.45) is 5.92 Å². The van der Waals surface area contributed by atoms with E-state index in [9.17, 15) is 4.79 Å². The van der Waals surface area contributed by atoms with Gasteiger partial charge in [-0.05, 0) is 24.5 Å². The summed E-state index contributed by atoms with van der Waals surface area (Å²) in [6.45, 7) is 0. The molecule has 1 aliphatic rings. The molecule has 3 nitrogen and oxygen atoms in total. The maximum absolute atomic E-state index is 12.0. The predicted molar refractivity (Wildman–Crippen MR) is 69.9 cm³/mol. The molecule has 92 valence electrons. The van der Waals surface area contributed by atoms with Crippen LogP contribution in [-0.4, -0.2) is 15.6 Å². The summed E-state index contributed by atoms with van der Waals surface area (Å²) < 4.78 is 1.75. The van der Waals surface area contributed by atoms with Crippen molar-refractivity contribution in [3.63, 3.8) is 0 Å². The number of hydrogen-bond acceptors (Lipinski definition) is 2. The Morgan fingerprint density at radius 2 is 2.06 bits per heavy atom. The number of hydrogen-bond donors (Lipinski definition) is 0. The van der Waals surface area contributed by atoms with Gasteiger partial charge in [-0.2, -0.15) is 5.10 Å². The average molecular weight is 240 g/mol. The summed E-state index contributed by atoms with van der Waals surface area (Å²) in [4.78, 5) is 12.0. The third-order valence-corrected chi connectivity index (χ3v) is 3.40. The monoisotopic (exact) mass is 240 g/mol. The topological polar surface area (TPSA) is 34.9 Å². The molecule has 0 amide bonds. The Hall–Kier alpha value is -1.90. The fraction of sp³-hybridized carbons (Fsp3) is 0.333. The number of para-hydroxylation sites is 1. The lowest BCUT2D eigenvalue weighted by Gasteiger charge is -1.99. The Bertz CT molecular complexity index is 541. The SMILES string of the molecule is O=C(CCC1CC1)c1cnn(-c2ccccc2)c1. The van der Waals surface area contributed by atoms with Crippen molar-refractivity contribution >= 4 is 5.78 Å². The zero-order valence-electron chi connectivity index (χ0n) is 10.2. The molecule has 3 rings (SSSR count). The number of nitrogens with zero attached hydrogens (tertiary/aromatic N) is 2. The van der Waals surface area contributed by atoms with Crippen LogP contribution in [0.5, 0.6) is 0 Å². The highest BCUT2D eigenvalue weighted by Crippen LogP contribution is 2.33. The van der Waals surface area contributed by atoms with Crippen LogP contribution in [0.3, 0.4) is 0 Å². The van der Waals surface area contributed by atoms with Crippen LogP contribution in [0.4, 0.5) is 0 Å². The van der Waals surface area contributed by atoms with E-state index in [1.165, 1.54) is 12.8 Å². The first-order chi connectivity index (χ1) is 8.83. The molecule has 1 aliphatic carbocycles. The van der Waals surface area contributed by atoms with Gasteiger partial charge in [-0.15, -0.1) is 0 Å². The predicted octanol–water partition coefficient (Wildman–Crippen LogP) is 3.25. The van der Waals surface area contributed by atoms with Gasteiger partial charge in [-0.3, -0.25) is 4.79 Å². The highest BCUT2D eigenvalue weighted by molar-refractivity contribution is 5.95. The van der Waals surface area contributed by atoms with Crippen LogP contribution in [0.25, 0.3) is 5.69 Å². The van der Waals surface area contributed by atoms with E-state index in [1.807, 2.05) is 36.5 Å². The molecule has 18 heavy (non-hydrogen) atoms. The average Bonchev–Trinajstić information content (AvgIpc) is 3.11. The van der Waals surface area contributed by atoms with E-state index < -0.39 is 0 Å². The van der Waals surface area contributed by atoms with E-state index >= 15 is 0 Å². The van der Waals surface area contributed by atoms with Gasteiger partial charge in [0.25, 0.3) is 0 Å². The van der Waals surface area contributed by atoms with Crippen molar-refractivity contribution in [1.29, 1.82) is 0 Å². The van der Waals surface area contributed by atoms with Crippen LogP contribution in [0.2, 0.25) is 0 Å². The molecule has 0 unspecified atom stereocenters. The summed E-state index contributed by atoms with van der Waals surface area (Å²) >= 11 is 0. The third kappa shape index (κ3) is 2.50. The molecule has 0 N–H and O–H groups in total. The lowest BCUT2D eigenvalue weighted by atomic mass is 10.1. The van der Waals surface area contributed by atoms with E-state index in [2.05, 4.69) is 5.10 Å². The molecule has 1 aromatic carbocycles. The Labute approximate surface area is 106 Å². The van der Waals surface area contributed by atoms with Crippen molar-refractivity contribution in [3.8, 4) is 5.69 Å². The highest BCUT2D eigenvalue weighted by Gasteiger charge is 2.22. The Morgan fingerprint density at radius 3 is 2.78 bits per heavy atom. The summed E-state index contributed by atoms with van der Waals surface area (Å²) in [5.74, 6) is 1.02. The van der Waals surface area contributed by atoms with Gasteiger partial charge >= 0.3 is 0 Å². The van der Waals surface area contributed by atoms with E-state index in [1.54, 1.807) is 10.9 Å². The maximum atomic E-state index is 12.0. The normalized spacial score (nSPS) is 14.7. The lowest BCUT2D eigenvalue weighted by molar-refractivity contribution is 0.0978. The van der Waals surface area contributed by atoms with Gasteiger partial charge in [0.2, 0.25) is 0 Å². The van der Waals surface area contributed by atoms with Crippen LogP contribution < -0.4 is 0 Å². The van der Waals surface area contributed by atoms with Crippen molar-refractivity contribution < 1.29 is 4.79 Å². The minimum Gasteiger partial charge on any atom is -0.294 e. The van der Waals surface area contributed by atoms with Gasteiger partial charge in [0.1, 0.15) is 0 Å². The Morgan fingerprint density at radius 1 is 1.28 bits per heavy atom. The minimum atomic E-state index is 0.212. The summed E-state index contributed by atoms with van der Waals surface area (Å²) in [5, 5.41) is 4.25. The van der Waals surface area contributed by atoms with E-state index in [0.717, 1.165) is 23.6 Å². The van der Waals surface area contributed by atoms with Crippen molar-refractivity contribution in [3.05, 3.63) is 48.3 Å². The largest absolute Gasteiger partial charge is 0.294 e. The summed E-state index contributed by atoms with van der Waals surface area (Å²) in [7, 11) is 0. The maximum Gasteiger partial charge on any atom is 0.166 e. The van der Waals surface area contributed by atoms with Gasteiger partial charge in [0.05, 0.1) is 17.4 Å². The Balaban J connectivity index is 1.70. The van der Waals surface area contributed by atoms with E-state index in [0.29, 0.717) is 6.42 Å². The molecule has 0 saturated heterocycles. The van der Waals surface area contributed by atoms with Gasteiger partial charge in [-0.1, -0.05) is 31.0 Å². The van der Waals surface area contributed by atoms with Gasteiger partial charge in [-0.25, -0.2) is 4.68 Å². The minimum absolute atomic E-state index is 0.212. The molecule has 1 fully saturated rings. The summed E-state index contributed by atoms with van der Waals surface area (Å²) in [5.41, 5.74) is 1.71. The lowest BCUT2D eigenvalue weighted by Crippen LogP contribution is -1.98. The second-order valence-corrected chi connectivity index (χ2v) is 4.91. The number of Topliss-reactive ketones (excluding diaryl/α,β-unsaturated/α-hetero) is 1. The first kappa shape index (κ1) is 11.2. The van der Waals surface area contributed by atoms with Crippen LogP contribution in [-0.2, 0) is 0 Å². The molecule has 1 aromatic heterocycles.